The maximum absolute atomic E-state index is 4.58. The minimum atomic E-state index is 0. The average Bonchev–Trinajstić information content (AvgIpc) is 3.27. The van der Waals surface area contributed by atoms with Crippen LogP contribution in [0.4, 0.5) is 0 Å². The maximum Gasteiger partial charge on any atom is 0.191 e. The summed E-state index contributed by atoms with van der Waals surface area (Å²) in [6, 6.07) is 8.62. The van der Waals surface area contributed by atoms with Crippen LogP contribution < -0.4 is 10.6 Å². The van der Waals surface area contributed by atoms with Gasteiger partial charge in [0.15, 0.2) is 5.96 Å². The molecule has 1 aromatic carbocycles. The summed E-state index contributed by atoms with van der Waals surface area (Å²) in [5.41, 5.74) is 2.57. The van der Waals surface area contributed by atoms with Crippen LogP contribution in [-0.4, -0.2) is 39.3 Å². The van der Waals surface area contributed by atoms with Gasteiger partial charge in [-0.3, -0.25) is 4.99 Å². The number of nitrogens with one attached hydrogen (secondary N) is 3. The molecule has 3 aromatic rings. The van der Waals surface area contributed by atoms with Crippen molar-refractivity contribution >= 4 is 40.8 Å². The topological polar surface area (TPSA) is 82.9 Å². The molecule has 0 aliphatic carbocycles. The Kier molecular flexibility index (Phi) is 6.93. The molecule has 0 bridgehead atoms. The second kappa shape index (κ2) is 9.40. The molecular weight excluding hydrogens is 465 g/mol. The molecule has 4 rings (SSSR count). The summed E-state index contributed by atoms with van der Waals surface area (Å²) in [6.45, 7) is 3.77. The van der Waals surface area contributed by atoms with Crippen LogP contribution in [0.3, 0.4) is 0 Å². The number of aromatic nitrogens is 4. The Morgan fingerprint density at radius 3 is 3.07 bits per heavy atom. The van der Waals surface area contributed by atoms with Gasteiger partial charge in [0.1, 0.15) is 11.6 Å². The number of hydrogen-bond donors (Lipinski definition) is 3. The first kappa shape index (κ1) is 20.6. The molecule has 0 fully saturated rings. The quantitative estimate of drug-likeness (QED) is 0.221. The van der Waals surface area contributed by atoms with Gasteiger partial charge in [0.05, 0.1) is 6.04 Å². The highest BCUT2D eigenvalue weighted by molar-refractivity contribution is 14.0. The molecular formula is C20H28IN7. The van der Waals surface area contributed by atoms with Gasteiger partial charge in [-0.15, -0.1) is 24.0 Å². The van der Waals surface area contributed by atoms with Crippen molar-refractivity contribution in [1.82, 2.24) is 30.4 Å². The number of halogens is 1. The Labute approximate surface area is 182 Å². The molecule has 1 aliphatic rings. The molecule has 3 heterocycles. The van der Waals surface area contributed by atoms with Crippen molar-refractivity contribution in [2.45, 2.75) is 45.2 Å². The van der Waals surface area contributed by atoms with E-state index in [2.05, 4.69) is 61.2 Å². The lowest BCUT2D eigenvalue weighted by Gasteiger charge is -2.25. The molecule has 0 radical (unpaired) electrons. The zero-order valence-electron chi connectivity index (χ0n) is 16.4. The number of hydrogen-bond acceptors (Lipinski definition) is 3. The monoisotopic (exact) mass is 493 g/mol. The van der Waals surface area contributed by atoms with Crippen molar-refractivity contribution in [3.63, 3.8) is 0 Å². The van der Waals surface area contributed by atoms with Gasteiger partial charge in [0, 0.05) is 37.2 Å². The fourth-order valence-electron chi connectivity index (χ4n) is 3.79. The molecule has 150 valence electrons. The molecule has 8 heteroatoms. The lowest BCUT2D eigenvalue weighted by molar-refractivity contribution is 0.397. The number of rotatable bonds is 5. The summed E-state index contributed by atoms with van der Waals surface area (Å²) in [4.78, 5) is 12.3. The van der Waals surface area contributed by atoms with Gasteiger partial charge < -0.3 is 15.6 Å². The largest absolute Gasteiger partial charge is 0.361 e. The Morgan fingerprint density at radius 2 is 2.21 bits per heavy atom. The van der Waals surface area contributed by atoms with Crippen molar-refractivity contribution < 1.29 is 0 Å². The van der Waals surface area contributed by atoms with Crippen LogP contribution in [0.5, 0.6) is 0 Å². The minimum Gasteiger partial charge on any atom is -0.361 e. The van der Waals surface area contributed by atoms with E-state index in [4.69, 9.17) is 0 Å². The van der Waals surface area contributed by atoms with E-state index < -0.39 is 0 Å². The van der Waals surface area contributed by atoms with Crippen LogP contribution >= 0.6 is 24.0 Å². The van der Waals surface area contributed by atoms with Crippen LogP contribution in [0.15, 0.2) is 35.5 Å². The lowest BCUT2D eigenvalue weighted by atomic mass is 10.1. The first-order valence-corrected chi connectivity index (χ1v) is 9.68. The Bertz CT molecular complexity index is 943. The average molecular weight is 493 g/mol. The van der Waals surface area contributed by atoms with Crippen molar-refractivity contribution in [2.75, 3.05) is 13.6 Å². The minimum absolute atomic E-state index is 0. The van der Waals surface area contributed by atoms with Gasteiger partial charge in [-0.25, -0.2) is 9.67 Å². The molecule has 0 amide bonds. The predicted molar refractivity (Wildman–Crippen MR) is 123 cm³/mol. The van der Waals surface area contributed by atoms with Crippen molar-refractivity contribution in [1.29, 1.82) is 0 Å². The molecule has 1 atom stereocenters. The van der Waals surface area contributed by atoms with Crippen LogP contribution in [0.25, 0.3) is 10.9 Å². The van der Waals surface area contributed by atoms with Gasteiger partial charge in [-0.2, -0.15) is 5.10 Å². The summed E-state index contributed by atoms with van der Waals surface area (Å²) in [5, 5.41) is 12.7. The van der Waals surface area contributed by atoms with Crippen LogP contribution in [-0.2, 0) is 13.0 Å². The SMILES string of the molecule is CN=C(NCCCc1c[nH]c2ccccc12)NC1CCCn2nc(C)nc21.I. The molecule has 0 saturated heterocycles. The summed E-state index contributed by atoms with van der Waals surface area (Å²) >= 11 is 0. The van der Waals surface area contributed by atoms with Crippen LogP contribution in [0.1, 0.15) is 42.5 Å². The van der Waals surface area contributed by atoms with E-state index in [1.165, 1.54) is 16.5 Å². The van der Waals surface area contributed by atoms with Crippen molar-refractivity contribution in [2.24, 2.45) is 4.99 Å². The number of benzene rings is 1. The van der Waals surface area contributed by atoms with Gasteiger partial charge in [0.2, 0.25) is 0 Å². The van der Waals surface area contributed by atoms with E-state index in [0.29, 0.717) is 0 Å². The van der Waals surface area contributed by atoms with Gasteiger partial charge in [-0.1, -0.05) is 18.2 Å². The number of H-pyrrole nitrogens is 1. The molecule has 3 N–H and O–H groups in total. The fraction of sp³-hybridized carbons (Fsp3) is 0.450. The molecule has 1 aliphatic heterocycles. The third kappa shape index (κ3) is 4.48. The number of fused-ring (bicyclic) bond motifs is 2. The number of aromatic amines is 1. The highest BCUT2D eigenvalue weighted by Crippen LogP contribution is 2.23. The third-order valence-electron chi connectivity index (χ3n) is 5.11. The zero-order chi connectivity index (χ0) is 18.6. The number of para-hydroxylation sites is 1. The van der Waals surface area contributed by atoms with E-state index in [1.54, 1.807) is 0 Å². The number of nitrogens with zero attached hydrogens (tertiary/aromatic N) is 4. The summed E-state index contributed by atoms with van der Waals surface area (Å²) in [7, 11) is 1.81. The standard InChI is InChI=1S/C20H27N7.HI/c1-14-24-19-18(10-6-12-27(19)26-14)25-20(21-2)22-11-5-7-15-13-23-17-9-4-3-8-16(15)17;/h3-4,8-9,13,18,23H,5-7,10-12H2,1-2H3,(H2,21,22,25);1H. The fourth-order valence-corrected chi connectivity index (χ4v) is 3.79. The van der Waals surface area contributed by atoms with E-state index in [9.17, 15) is 0 Å². The number of aryl methyl sites for hydroxylation is 3. The Hall–Kier alpha value is -2.10. The summed E-state index contributed by atoms with van der Waals surface area (Å²) in [5.74, 6) is 2.67. The second-order valence-electron chi connectivity index (χ2n) is 7.04. The Morgan fingerprint density at radius 1 is 1.36 bits per heavy atom. The molecule has 28 heavy (non-hydrogen) atoms. The summed E-state index contributed by atoms with van der Waals surface area (Å²) < 4.78 is 2.01. The van der Waals surface area contributed by atoms with E-state index in [-0.39, 0.29) is 30.0 Å². The lowest BCUT2D eigenvalue weighted by Crippen LogP contribution is -2.41. The highest BCUT2D eigenvalue weighted by atomic mass is 127. The molecule has 0 saturated carbocycles. The molecule has 2 aromatic heterocycles. The smallest absolute Gasteiger partial charge is 0.191 e. The number of guanidine groups is 1. The summed E-state index contributed by atoms with van der Waals surface area (Å²) in [6.07, 6.45) is 6.35. The zero-order valence-corrected chi connectivity index (χ0v) is 18.7. The molecule has 0 spiro atoms. The van der Waals surface area contributed by atoms with Crippen molar-refractivity contribution in [3.8, 4) is 0 Å². The van der Waals surface area contributed by atoms with E-state index >= 15 is 0 Å². The van der Waals surface area contributed by atoms with Crippen molar-refractivity contribution in [3.05, 3.63) is 47.7 Å². The van der Waals surface area contributed by atoms with E-state index in [0.717, 1.165) is 56.4 Å². The second-order valence-corrected chi connectivity index (χ2v) is 7.04. The normalized spacial score (nSPS) is 16.5. The predicted octanol–water partition coefficient (Wildman–Crippen LogP) is 3.32. The maximum atomic E-state index is 4.58. The highest BCUT2D eigenvalue weighted by Gasteiger charge is 2.24. The first-order chi connectivity index (χ1) is 13.2. The molecule has 1 unspecified atom stereocenters. The molecule has 7 nitrogen and oxygen atoms in total. The third-order valence-corrected chi connectivity index (χ3v) is 5.11. The van der Waals surface area contributed by atoms with Crippen LogP contribution in [0.2, 0.25) is 0 Å². The van der Waals surface area contributed by atoms with E-state index in [1.807, 2.05) is 18.7 Å². The first-order valence-electron chi connectivity index (χ1n) is 9.68. The Balaban J connectivity index is 0.00000225. The number of aliphatic imine (C=N–C) groups is 1. The van der Waals surface area contributed by atoms with Gasteiger partial charge >= 0.3 is 0 Å². The van der Waals surface area contributed by atoms with Crippen LogP contribution in [0, 0.1) is 6.92 Å². The van der Waals surface area contributed by atoms with Gasteiger partial charge in [-0.05, 0) is 44.2 Å². The van der Waals surface area contributed by atoms with Gasteiger partial charge in [0.25, 0.3) is 0 Å².